The van der Waals surface area contributed by atoms with Crippen LogP contribution in [0, 0.1) is 0 Å². The van der Waals surface area contributed by atoms with Crippen molar-refractivity contribution in [2.45, 2.75) is 0 Å². The summed E-state index contributed by atoms with van der Waals surface area (Å²) >= 11 is 5.86. The maximum Gasteiger partial charge on any atom is 0.228 e. The third kappa shape index (κ3) is 1.95. The Bertz CT molecular complexity index is 537. The van der Waals surface area contributed by atoms with E-state index in [-0.39, 0.29) is 9.39 Å². The highest BCUT2D eigenvalue weighted by Gasteiger charge is 2.11. The molecule has 0 fully saturated rings. The van der Waals surface area contributed by atoms with Crippen molar-refractivity contribution in [2.24, 2.45) is 0 Å². The van der Waals surface area contributed by atoms with Gasteiger partial charge in [0.15, 0.2) is 0 Å². The predicted octanol–water partition coefficient (Wildman–Crippen LogP) is 3.91. The monoisotopic (exact) mass is 340 g/mol. The van der Waals surface area contributed by atoms with Crippen molar-refractivity contribution in [3.8, 4) is 0 Å². The number of carbonyl (C=O) groups excluding carboxylic acids is 2. The molecule has 0 spiro atoms. The molecule has 0 heterocycles. The van der Waals surface area contributed by atoms with Gasteiger partial charge in [-0.05, 0) is 54.8 Å². The Kier molecular flexibility index (Phi) is 3.21. The number of hydrogen-bond acceptors (Lipinski definition) is 2. The lowest BCUT2D eigenvalue weighted by Crippen LogP contribution is -1.94. The van der Waals surface area contributed by atoms with Gasteiger partial charge in [0.2, 0.25) is 9.39 Å². The van der Waals surface area contributed by atoms with Gasteiger partial charge in [-0.2, -0.15) is 0 Å². The summed E-state index contributed by atoms with van der Waals surface area (Å²) in [5.41, 5.74) is 1.13. The molecular formula is C12H6Br2O2. The van der Waals surface area contributed by atoms with Crippen LogP contribution in [0.2, 0.25) is 0 Å². The normalized spacial score (nSPS) is 10.4. The predicted molar refractivity (Wildman–Crippen MR) is 70.5 cm³/mol. The van der Waals surface area contributed by atoms with Crippen LogP contribution in [-0.2, 0) is 0 Å². The molecule has 2 nitrogen and oxygen atoms in total. The fourth-order valence-electron chi connectivity index (χ4n) is 1.65. The summed E-state index contributed by atoms with van der Waals surface area (Å²) in [5.74, 6) is 0. The zero-order valence-electron chi connectivity index (χ0n) is 8.04. The van der Waals surface area contributed by atoms with Crippen LogP contribution in [0.4, 0.5) is 0 Å². The molecule has 0 aliphatic heterocycles. The highest BCUT2D eigenvalue weighted by atomic mass is 79.9. The van der Waals surface area contributed by atoms with Crippen LogP contribution >= 0.6 is 31.9 Å². The van der Waals surface area contributed by atoms with Gasteiger partial charge in [-0.3, -0.25) is 9.59 Å². The summed E-state index contributed by atoms with van der Waals surface area (Å²) in [7, 11) is 0. The highest BCUT2D eigenvalue weighted by molar-refractivity contribution is 9.18. The Morgan fingerprint density at radius 2 is 1.12 bits per heavy atom. The molecule has 0 saturated carbocycles. The Morgan fingerprint density at radius 1 is 0.750 bits per heavy atom. The van der Waals surface area contributed by atoms with Crippen LogP contribution in [0.15, 0.2) is 36.4 Å². The van der Waals surface area contributed by atoms with Crippen LogP contribution < -0.4 is 0 Å². The molecule has 0 bridgehead atoms. The van der Waals surface area contributed by atoms with Crippen LogP contribution in [0.3, 0.4) is 0 Å². The van der Waals surface area contributed by atoms with Crippen LogP contribution in [-0.4, -0.2) is 9.39 Å². The molecule has 0 aliphatic rings. The van der Waals surface area contributed by atoms with E-state index in [1.807, 2.05) is 12.1 Å². The van der Waals surface area contributed by atoms with Crippen LogP contribution in [0.5, 0.6) is 0 Å². The maximum atomic E-state index is 11.4. The fourth-order valence-corrected chi connectivity index (χ4v) is 2.34. The minimum absolute atomic E-state index is 0.183. The quantitative estimate of drug-likeness (QED) is 0.776. The summed E-state index contributed by atoms with van der Waals surface area (Å²) in [6.45, 7) is 0. The molecule has 80 valence electrons. The van der Waals surface area contributed by atoms with Gasteiger partial charge in [0.05, 0.1) is 0 Å². The van der Waals surface area contributed by atoms with Crippen molar-refractivity contribution >= 4 is 52.0 Å². The van der Waals surface area contributed by atoms with Crippen molar-refractivity contribution in [1.29, 1.82) is 0 Å². The smallest absolute Gasteiger partial charge is 0.228 e. The Labute approximate surface area is 109 Å². The minimum atomic E-state index is -0.183. The largest absolute Gasteiger partial charge is 0.281 e. The topological polar surface area (TPSA) is 34.1 Å². The standard InChI is InChI=1S/C12H6Br2O2/c13-11(15)9-5-1-3-7-8(9)4-2-6-10(7)12(14)16/h1-6H. The summed E-state index contributed by atoms with van der Waals surface area (Å²) in [5, 5.41) is 1.55. The first-order valence-corrected chi connectivity index (χ1v) is 6.11. The van der Waals surface area contributed by atoms with Crippen molar-refractivity contribution in [1.82, 2.24) is 0 Å². The van der Waals surface area contributed by atoms with Crippen LogP contribution in [0.25, 0.3) is 10.8 Å². The molecule has 0 aliphatic carbocycles. The average molecular weight is 342 g/mol. The van der Waals surface area contributed by atoms with E-state index < -0.39 is 0 Å². The number of fused-ring (bicyclic) bond motifs is 1. The van der Waals surface area contributed by atoms with Gasteiger partial charge >= 0.3 is 0 Å². The first-order chi connectivity index (χ1) is 7.61. The molecule has 16 heavy (non-hydrogen) atoms. The second-order valence-electron chi connectivity index (χ2n) is 3.25. The van der Waals surface area contributed by atoms with E-state index in [2.05, 4.69) is 31.9 Å². The van der Waals surface area contributed by atoms with E-state index in [9.17, 15) is 9.59 Å². The van der Waals surface area contributed by atoms with Crippen molar-refractivity contribution in [3.63, 3.8) is 0 Å². The van der Waals surface area contributed by atoms with E-state index in [0.717, 1.165) is 10.8 Å². The van der Waals surface area contributed by atoms with Crippen molar-refractivity contribution in [2.75, 3.05) is 0 Å². The van der Waals surface area contributed by atoms with E-state index in [1.54, 1.807) is 24.3 Å². The van der Waals surface area contributed by atoms with E-state index in [1.165, 1.54) is 0 Å². The molecule has 0 amide bonds. The number of rotatable bonds is 2. The van der Waals surface area contributed by atoms with Gasteiger partial charge in [0, 0.05) is 11.1 Å². The summed E-state index contributed by atoms with van der Waals surface area (Å²) in [4.78, 5) is 22.7. The molecule has 0 saturated heterocycles. The van der Waals surface area contributed by atoms with Gasteiger partial charge in [0.25, 0.3) is 0 Å². The lowest BCUT2D eigenvalue weighted by molar-refractivity contribution is 0.108. The SMILES string of the molecule is O=C(Br)c1cccc2c(C(=O)Br)cccc12. The Morgan fingerprint density at radius 3 is 1.44 bits per heavy atom. The van der Waals surface area contributed by atoms with Gasteiger partial charge in [-0.1, -0.05) is 24.3 Å². The third-order valence-corrected chi connectivity index (χ3v) is 3.20. The van der Waals surface area contributed by atoms with Crippen LogP contribution in [0.1, 0.15) is 20.7 Å². The molecule has 0 radical (unpaired) electrons. The lowest BCUT2D eigenvalue weighted by atomic mass is 10.0. The first kappa shape index (κ1) is 11.5. The van der Waals surface area contributed by atoms with Gasteiger partial charge in [0.1, 0.15) is 0 Å². The molecule has 2 aromatic rings. The molecule has 4 heteroatoms. The van der Waals surface area contributed by atoms with E-state index >= 15 is 0 Å². The molecule has 2 rings (SSSR count). The van der Waals surface area contributed by atoms with Gasteiger partial charge in [-0.25, -0.2) is 0 Å². The zero-order chi connectivity index (χ0) is 11.7. The van der Waals surface area contributed by atoms with E-state index in [0.29, 0.717) is 11.1 Å². The second kappa shape index (κ2) is 4.47. The Balaban J connectivity index is 2.86. The second-order valence-corrected chi connectivity index (χ2v) is 4.69. The summed E-state index contributed by atoms with van der Waals surface area (Å²) < 4.78 is -0.366. The lowest BCUT2D eigenvalue weighted by Gasteiger charge is -2.05. The van der Waals surface area contributed by atoms with Gasteiger partial charge in [-0.15, -0.1) is 0 Å². The number of hydrogen-bond donors (Lipinski definition) is 0. The third-order valence-electron chi connectivity index (χ3n) is 2.35. The molecule has 0 N–H and O–H groups in total. The molecule has 2 aromatic carbocycles. The van der Waals surface area contributed by atoms with Crippen molar-refractivity contribution < 1.29 is 9.59 Å². The molecule has 0 aromatic heterocycles. The van der Waals surface area contributed by atoms with Gasteiger partial charge < -0.3 is 0 Å². The highest BCUT2D eigenvalue weighted by Crippen LogP contribution is 2.25. The molecule has 0 unspecified atom stereocenters. The fraction of sp³-hybridized carbons (Fsp3) is 0. The zero-order valence-corrected chi connectivity index (χ0v) is 11.2. The number of halogens is 2. The summed E-state index contributed by atoms with van der Waals surface area (Å²) in [6.07, 6.45) is 0. The number of carbonyl (C=O) groups is 2. The maximum absolute atomic E-state index is 11.4. The molecule has 0 atom stereocenters. The average Bonchev–Trinajstić information content (AvgIpc) is 2.27. The first-order valence-electron chi connectivity index (χ1n) is 4.52. The summed E-state index contributed by atoms with van der Waals surface area (Å²) in [6, 6.07) is 10.6. The van der Waals surface area contributed by atoms with E-state index in [4.69, 9.17) is 0 Å². The Hall–Kier alpha value is -1.00. The molecular weight excluding hydrogens is 336 g/mol. The number of benzene rings is 2. The van der Waals surface area contributed by atoms with Crippen molar-refractivity contribution in [3.05, 3.63) is 47.5 Å². The minimum Gasteiger partial charge on any atom is -0.281 e.